The lowest BCUT2D eigenvalue weighted by molar-refractivity contribution is 0.320. The van der Waals surface area contributed by atoms with Gasteiger partial charge in [-0.3, -0.25) is 4.98 Å². The second-order valence-electron chi connectivity index (χ2n) is 6.99. The van der Waals surface area contributed by atoms with Gasteiger partial charge in [0.2, 0.25) is 0 Å². The predicted octanol–water partition coefficient (Wildman–Crippen LogP) is 4.96. The van der Waals surface area contributed by atoms with Crippen molar-refractivity contribution in [3.63, 3.8) is 0 Å². The van der Waals surface area contributed by atoms with Crippen LogP contribution < -0.4 is 0 Å². The number of benzene rings is 2. The first-order chi connectivity index (χ1) is 12.8. The van der Waals surface area contributed by atoms with Crippen LogP contribution in [0, 0.1) is 0 Å². The van der Waals surface area contributed by atoms with Crippen LogP contribution in [0.5, 0.6) is 0 Å². The molecule has 0 aliphatic carbocycles. The molecule has 0 bridgehead atoms. The Bertz CT molecular complexity index is 1010. The van der Waals surface area contributed by atoms with Gasteiger partial charge in [-0.25, -0.2) is 4.99 Å². The predicted molar refractivity (Wildman–Crippen MR) is 110 cm³/mol. The molecule has 0 saturated carbocycles. The summed E-state index contributed by atoms with van der Waals surface area (Å²) in [5.41, 5.74) is 5.12. The fourth-order valence-electron chi connectivity index (χ4n) is 3.90. The van der Waals surface area contributed by atoms with Crippen molar-refractivity contribution in [2.75, 3.05) is 5.75 Å². The highest BCUT2D eigenvalue weighted by Gasteiger charge is 2.34. The minimum atomic E-state index is 0.566. The van der Waals surface area contributed by atoms with Crippen LogP contribution >= 0.6 is 11.8 Å². The Morgan fingerprint density at radius 2 is 2.04 bits per heavy atom. The summed E-state index contributed by atoms with van der Waals surface area (Å²) in [5, 5.41) is 3.52. The molecule has 0 spiro atoms. The highest BCUT2D eigenvalue weighted by Crippen LogP contribution is 2.36. The minimum absolute atomic E-state index is 0.566. The summed E-state index contributed by atoms with van der Waals surface area (Å²) in [4.78, 5) is 12.1. The van der Waals surface area contributed by atoms with Gasteiger partial charge >= 0.3 is 0 Å². The molecular formula is C22H21N3S. The van der Waals surface area contributed by atoms with Crippen molar-refractivity contribution in [2.24, 2.45) is 4.99 Å². The number of aromatic nitrogens is 1. The number of thioether (sulfide) groups is 1. The van der Waals surface area contributed by atoms with E-state index in [4.69, 9.17) is 4.99 Å². The van der Waals surface area contributed by atoms with Crippen molar-refractivity contribution >= 4 is 33.4 Å². The van der Waals surface area contributed by atoms with Crippen molar-refractivity contribution in [3.05, 3.63) is 71.5 Å². The smallest absolute Gasteiger partial charge is 0.165 e. The van der Waals surface area contributed by atoms with E-state index in [1.165, 1.54) is 16.5 Å². The Kier molecular flexibility index (Phi) is 3.93. The summed E-state index contributed by atoms with van der Waals surface area (Å²) in [6, 6.07) is 17.9. The molecule has 1 atom stereocenters. The molecule has 5 rings (SSSR count). The summed E-state index contributed by atoms with van der Waals surface area (Å²) in [7, 11) is 0. The summed E-state index contributed by atoms with van der Waals surface area (Å²) in [6.45, 7) is 3.12. The number of hydrogen-bond acceptors (Lipinski definition) is 3. The van der Waals surface area contributed by atoms with E-state index in [-0.39, 0.29) is 0 Å². The lowest BCUT2D eigenvalue weighted by atomic mass is 9.95. The Balaban J connectivity index is 1.55. The molecule has 0 amide bonds. The molecule has 2 aliphatic heterocycles. The average Bonchev–Trinajstić information content (AvgIpc) is 3.08. The van der Waals surface area contributed by atoms with E-state index in [2.05, 4.69) is 65.3 Å². The van der Waals surface area contributed by atoms with E-state index in [1.807, 2.05) is 18.0 Å². The fraction of sp³-hybridized carbons (Fsp3) is 0.273. The quantitative estimate of drug-likeness (QED) is 0.647. The highest BCUT2D eigenvalue weighted by atomic mass is 32.2. The first kappa shape index (κ1) is 15.9. The molecule has 26 heavy (non-hydrogen) atoms. The van der Waals surface area contributed by atoms with Crippen molar-refractivity contribution in [2.45, 2.75) is 32.4 Å². The molecule has 1 unspecified atom stereocenters. The number of amidine groups is 1. The van der Waals surface area contributed by atoms with Crippen molar-refractivity contribution < 1.29 is 0 Å². The summed E-state index contributed by atoms with van der Waals surface area (Å²) in [5.74, 6) is 1.12. The molecule has 0 N–H and O–H groups in total. The Morgan fingerprint density at radius 1 is 1.15 bits per heavy atom. The van der Waals surface area contributed by atoms with Gasteiger partial charge in [-0.2, -0.15) is 0 Å². The topological polar surface area (TPSA) is 28.5 Å². The van der Waals surface area contributed by atoms with Crippen LogP contribution in [0.1, 0.15) is 23.7 Å². The maximum Gasteiger partial charge on any atom is 0.165 e. The van der Waals surface area contributed by atoms with Crippen LogP contribution in [0.15, 0.2) is 59.7 Å². The molecule has 2 aromatic carbocycles. The number of pyridine rings is 1. The summed E-state index contributed by atoms with van der Waals surface area (Å²) >= 11 is 1.89. The maximum absolute atomic E-state index is 5.10. The van der Waals surface area contributed by atoms with Crippen LogP contribution in [0.25, 0.3) is 10.8 Å². The first-order valence-electron chi connectivity index (χ1n) is 9.24. The molecule has 3 heterocycles. The number of aliphatic imine (C=N–C) groups is 1. The minimum Gasteiger partial charge on any atom is -0.343 e. The largest absolute Gasteiger partial charge is 0.343 e. The van der Waals surface area contributed by atoms with Gasteiger partial charge in [-0.05, 0) is 36.1 Å². The molecule has 1 saturated heterocycles. The SMILES string of the molecule is CCc1cc2c(N=C3SCC4Cc5ccccc5CN34)cccc2cn1. The van der Waals surface area contributed by atoms with Crippen molar-refractivity contribution in [1.29, 1.82) is 0 Å². The zero-order valence-corrected chi connectivity index (χ0v) is 15.7. The van der Waals surface area contributed by atoms with Crippen molar-refractivity contribution in [1.82, 2.24) is 9.88 Å². The molecule has 3 aromatic rings. The molecule has 3 nitrogen and oxygen atoms in total. The first-order valence-corrected chi connectivity index (χ1v) is 10.2. The number of nitrogens with zero attached hydrogens (tertiary/aromatic N) is 3. The lowest BCUT2D eigenvalue weighted by Gasteiger charge is -2.32. The number of fused-ring (bicyclic) bond motifs is 3. The van der Waals surface area contributed by atoms with E-state index in [1.54, 1.807) is 0 Å². The van der Waals surface area contributed by atoms with Crippen LogP contribution in [0.4, 0.5) is 5.69 Å². The monoisotopic (exact) mass is 359 g/mol. The van der Waals surface area contributed by atoms with Crippen LogP contribution in [-0.4, -0.2) is 26.8 Å². The lowest BCUT2D eigenvalue weighted by Crippen LogP contribution is -2.38. The van der Waals surface area contributed by atoms with Gasteiger partial charge < -0.3 is 4.90 Å². The van der Waals surface area contributed by atoms with E-state index >= 15 is 0 Å². The maximum atomic E-state index is 5.10. The highest BCUT2D eigenvalue weighted by molar-refractivity contribution is 8.14. The molecule has 2 aliphatic rings. The zero-order chi connectivity index (χ0) is 17.5. The van der Waals surface area contributed by atoms with Crippen LogP contribution in [0.2, 0.25) is 0 Å². The number of hydrogen-bond donors (Lipinski definition) is 0. The molecule has 130 valence electrons. The standard InChI is InChI=1S/C22H21N3S/c1-2-18-11-20-16(12-23-18)8-5-9-21(20)24-22-25-13-17-7-4-3-6-15(17)10-19(25)14-26-22/h3-9,11-12,19H,2,10,13-14H2,1H3. The fourth-order valence-corrected chi connectivity index (χ4v) is 5.08. The van der Waals surface area contributed by atoms with Gasteiger partial charge in [-0.1, -0.05) is 55.1 Å². The van der Waals surface area contributed by atoms with E-state index in [0.29, 0.717) is 6.04 Å². The van der Waals surface area contributed by atoms with Crippen LogP contribution in [-0.2, 0) is 19.4 Å². The molecule has 1 fully saturated rings. The molecule has 4 heteroatoms. The van der Waals surface area contributed by atoms with E-state index in [9.17, 15) is 0 Å². The Labute approximate surface area is 158 Å². The summed E-state index contributed by atoms with van der Waals surface area (Å²) in [6.07, 6.45) is 4.04. The third-order valence-corrected chi connectivity index (χ3v) is 6.52. The molecule has 1 aromatic heterocycles. The average molecular weight is 359 g/mol. The van der Waals surface area contributed by atoms with Gasteiger partial charge in [0.15, 0.2) is 5.17 Å². The number of rotatable bonds is 2. The van der Waals surface area contributed by atoms with Gasteiger partial charge in [0.1, 0.15) is 0 Å². The Hall–Kier alpha value is -2.33. The van der Waals surface area contributed by atoms with Gasteiger partial charge in [0, 0.05) is 41.0 Å². The van der Waals surface area contributed by atoms with Crippen molar-refractivity contribution in [3.8, 4) is 0 Å². The third-order valence-electron chi connectivity index (χ3n) is 5.38. The summed E-state index contributed by atoms with van der Waals surface area (Å²) < 4.78 is 0. The van der Waals surface area contributed by atoms with Crippen LogP contribution in [0.3, 0.4) is 0 Å². The van der Waals surface area contributed by atoms with Gasteiger partial charge in [-0.15, -0.1) is 0 Å². The molecular weight excluding hydrogens is 338 g/mol. The van der Waals surface area contributed by atoms with Gasteiger partial charge in [0.05, 0.1) is 5.69 Å². The Morgan fingerprint density at radius 3 is 2.92 bits per heavy atom. The normalized spacial score (nSPS) is 20.4. The second kappa shape index (κ2) is 6.44. The third kappa shape index (κ3) is 2.69. The second-order valence-corrected chi connectivity index (χ2v) is 7.97. The molecule has 0 radical (unpaired) electrons. The van der Waals surface area contributed by atoms with E-state index in [0.717, 1.165) is 47.1 Å². The van der Waals surface area contributed by atoms with E-state index < -0.39 is 0 Å². The zero-order valence-electron chi connectivity index (χ0n) is 14.9. The number of aryl methyl sites for hydroxylation is 1. The van der Waals surface area contributed by atoms with Gasteiger partial charge in [0.25, 0.3) is 0 Å².